The summed E-state index contributed by atoms with van der Waals surface area (Å²) in [6.45, 7) is 5.16. The molecule has 3 rings (SSSR count). The highest BCUT2D eigenvalue weighted by Crippen LogP contribution is 2.31. The van der Waals surface area contributed by atoms with E-state index in [1.165, 1.54) is 0 Å². The topological polar surface area (TPSA) is 31.4 Å². The van der Waals surface area contributed by atoms with E-state index in [0.717, 1.165) is 27.7 Å². The first-order valence-corrected chi connectivity index (χ1v) is 8.01. The molecule has 0 aliphatic carbocycles. The van der Waals surface area contributed by atoms with E-state index < -0.39 is 0 Å². The van der Waals surface area contributed by atoms with Crippen LogP contribution in [0.4, 0.5) is 0 Å². The third-order valence-corrected chi connectivity index (χ3v) is 3.71. The van der Waals surface area contributed by atoms with E-state index in [-0.39, 0.29) is 6.29 Å². The third-order valence-electron chi connectivity index (χ3n) is 3.71. The lowest BCUT2D eigenvalue weighted by atomic mass is 10.0. The first-order chi connectivity index (χ1) is 11.3. The maximum atomic E-state index is 5.82. The predicted octanol–water partition coefficient (Wildman–Crippen LogP) is 4.97. The zero-order valence-electron chi connectivity index (χ0n) is 13.5. The van der Waals surface area contributed by atoms with Crippen LogP contribution in [0.3, 0.4) is 0 Å². The van der Waals surface area contributed by atoms with Crippen LogP contribution in [0.5, 0.6) is 0 Å². The number of fused-ring (bicyclic) bond motifs is 1. The van der Waals surface area contributed by atoms with Crippen molar-refractivity contribution in [1.82, 2.24) is 4.98 Å². The molecule has 0 saturated carbocycles. The Kier molecular flexibility index (Phi) is 5.01. The van der Waals surface area contributed by atoms with Crippen molar-refractivity contribution in [2.45, 2.75) is 20.1 Å². The Hall–Kier alpha value is -2.23. The van der Waals surface area contributed by atoms with E-state index in [1.54, 1.807) is 0 Å². The lowest BCUT2D eigenvalue weighted by Gasteiger charge is -2.20. The van der Waals surface area contributed by atoms with Gasteiger partial charge in [-0.2, -0.15) is 0 Å². The number of ether oxygens (including phenoxy) is 2. The SMILES string of the molecule is CCOC(OCC)c1cc(-c2ccccc2)nc2ccccc12. The minimum absolute atomic E-state index is 0.375. The van der Waals surface area contributed by atoms with Crippen LogP contribution in [0.15, 0.2) is 60.7 Å². The number of aromatic nitrogens is 1. The monoisotopic (exact) mass is 307 g/mol. The number of nitrogens with zero attached hydrogens (tertiary/aromatic N) is 1. The summed E-state index contributed by atoms with van der Waals surface area (Å²) in [7, 11) is 0. The van der Waals surface area contributed by atoms with Gasteiger partial charge in [-0.25, -0.2) is 4.98 Å². The molecule has 0 saturated heterocycles. The van der Waals surface area contributed by atoms with E-state index in [1.807, 2.05) is 50.2 Å². The Labute approximate surface area is 136 Å². The van der Waals surface area contributed by atoms with Crippen LogP contribution < -0.4 is 0 Å². The largest absolute Gasteiger partial charge is 0.349 e. The Morgan fingerprint density at radius 3 is 2.22 bits per heavy atom. The zero-order valence-corrected chi connectivity index (χ0v) is 13.5. The predicted molar refractivity (Wildman–Crippen MR) is 93.2 cm³/mol. The van der Waals surface area contributed by atoms with Gasteiger partial charge in [-0.05, 0) is 26.0 Å². The standard InChI is InChI=1S/C20H21NO2/c1-3-22-20(23-4-2)17-14-19(15-10-6-5-7-11-15)21-18-13-9-8-12-16(17)18/h5-14,20H,3-4H2,1-2H3. The molecule has 0 aliphatic rings. The van der Waals surface area contributed by atoms with E-state index in [0.29, 0.717) is 13.2 Å². The van der Waals surface area contributed by atoms with Crippen LogP contribution in [0.25, 0.3) is 22.2 Å². The molecule has 0 unspecified atom stereocenters. The second-order valence-electron chi connectivity index (χ2n) is 5.22. The molecule has 0 atom stereocenters. The fourth-order valence-electron chi connectivity index (χ4n) is 2.68. The second kappa shape index (κ2) is 7.36. The van der Waals surface area contributed by atoms with Gasteiger partial charge in [-0.1, -0.05) is 48.5 Å². The lowest BCUT2D eigenvalue weighted by Crippen LogP contribution is -2.10. The van der Waals surface area contributed by atoms with Crippen molar-refractivity contribution in [3.05, 3.63) is 66.2 Å². The summed E-state index contributed by atoms with van der Waals surface area (Å²) >= 11 is 0. The second-order valence-corrected chi connectivity index (χ2v) is 5.22. The Morgan fingerprint density at radius 1 is 0.870 bits per heavy atom. The zero-order chi connectivity index (χ0) is 16.1. The Balaban J connectivity index is 2.17. The summed E-state index contributed by atoms with van der Waals surface area (Å²) in [4.78, 5) is 4.80. The molecule has 3 heteroatoms. The Morgan fingerprint density at radius 2 is 1.52 bits per heavy atom. The number of hydrogen-bond acceptors (Lipinski definition) is 3. The van der Waals surface area contributed by atoms with Gasteiger partial charge in [-0.15, -0.1) is 0 Å². The van der Waals surface area contributed by atoms with Crippen molar-refractivity contribution in [3.8, 4) is 11.3 Å². The van der Waals surface area contributed by atoms with Gasteiger partial charge in [0.15, 0.2) is 6.29 Å². The quantitative estimate of drug-likeness (QED) is 0.602. The molecule has 2 aromatic carbocycles. The summed E-state index contributed by atoms with van der Waals surface area (Å²) in [5.41, 5.74) is 4.00. The van der Waals surface area contributed by atoms with Crippen molar-refractivity contribution in [2.24, 2.45) is 0 Å². The molecule has 1 heterocycles. The maximum absolute atomic E-state index is 5.82. The summed E-state index contributed by atoms with van der Waals surface area (Å²) in [6, 6.07) is 20.4. The smallest absolute Gasteiger partial charge is 0.184 e. The summed E-state index contributed by atoms with van der Waals surface area (Å²) < 4.78 is 11.6. The van der Waals surface area contributed by atoms with Crippen molar-refractivity contribution < 1.29 is 9.47 Å². The molecule has 3 nitrogen and oxygen atoms in total. The van der Waals surface area contributed by atoms with Crippen LogP contribution in [0, 0.1) is 0 Å². The van der Waals surface area contributed by atoms with E-state index in [9.17, 15) is 0 Å². The maximum Gasteiger partial charge on any atom is 0.184 e. The molecule has 23 heavy (non-hydrogen) atoms. The summed E-state index contributed by atoms with van der Waals surface area (Å²) in [5.74, 6) is 0. The van der Waals surface area contributed by atoms with E-state index in [4.69, 9.17) is 14.5 Å². The van der Waals surface area contributed by atoms with Gasteiger partial charge >= 0.3 is 0 Å². The molecule has 0 N–H and O–H groups in total. The van der Waals surface area contributed by atoms with Crippen LogP contribution in [-0.4, -0.2) is 18.2 Å². The van der Waals surface area contributed by atoms with Gasteiger partial charge in [0.05, 0.1) is 11.2 Å². The first-order valence-electron chi connectivity index (χ1n) is 8.01. The number of hydrogen-bond donors (Lipinski definition) is 0. The fourth-order valence-corrected chi connectivity index (χ4v) is 2.68. The molecule has 0 bridgehead atoms. The van der Waals surface area contributed by atoms with Crippen LogP contribution >= 0.6 is 0 Å². The van der Waals surface area contributed by atoms with Crippen molar-refractivity contribution in [2.75, 3.05) is 13.2 Å². The molecule has 118 valence electrons. The molecule has 0 spiro atoms. The van der Waals surface area contributed by atoms with Gasteiger partial charge in [0, 0.05) is 29.7 Å². The Bertz CT molecular complexity index is 765. The van der Waals surface area contributed by atoms with Gasteiger partial charge in [0.2, 0.25) is 0 Å². The minimum Gasteiger partial charge on any atom is -0.349 e. The molecule has 0 amide bonds. The van der Waals surface area contributed by atoms with E-state index in [2.05, 4.69) is 24.3 Å². The first kappa shape index (κ1) is 15.7. The van der Waals surface area contributed by atoms with Crippen molar-refractivity contribution in [3.63, 3.8) is 0 Å². The molecule has 0 radical (unpaired) electrons. The molecule has 0 aliphatic heterocycles. The average molecular weight is 307 g/mol. The highest BCUT2D eigenvalue weighted by molar-refractivity contribution is 5.85. The van der Waals surface area contributed by atoms with Crippen LogP contribution in [0.2, 0.25) is 0 Å². The molecule has 1 aromatic heterocycles. The number of pyridine rings is 1. The molecular weight excluding hydrogens is 286 g/mol. The molecule has 3 aromatic rings. The van der Waals surface area contributed by atoms with Crippen LogP contribution in [-0.2, 0) is 9.47 Å². The normalized spacial score (nSPS) is 11.3. The van der Waals surface area contributed by atoms with E-state index >= 15 is 0 Å². The third kappa shape index (κ3) is 3.41. The number of benzene rings is 2. The fraction of sp³-hybridized carbons (Fsp3) is 0.250. The number of para-hydroxylation sites is 1. The van der Waals surface area contributed by atoms with Crippen molar-refractivity contribution >= 4 is 10.9 Å². The lowest BCUT2D eigenvalue weighted by molar-refractivity contribution is -0.139. The number of rotatable bonds is 6. The van der Waals surface area contributed by atoms with Gasteiger partial charge in [-0.3, -0.25) is 0 Å². The summed E-state index contributed by atoms with van der Waals surface area (Å²) in [5, 5.41) is 1.07. The van der Waals surface area contributed by atoms with Crippen molar-refractivity contribution in [1.29, 1.82) is 0 Å². The molecular formula is C20H21NO2. The minimum atomic E-state index is -0.375. The molecule has 0 fully saturated rings. The van der Waals surface area contributed by atoms with Gasteiger partial charge in [0.25, 0.3) is 0 Å². The van der Waals surface area contributed by atoms with Crippen LogP contribution in [0.1, 0.15) is 25.7 Å². The van der Waals surface area contributed by atoms with Gasteiger partial charge < -0.3 is 9.47 Å². The summed E-state index contributed by atoms with van der Waals surface area (Å²) in [6.07, 6.45) is -0.375. The highest BCUT2D eigenvalue weighted by atomic mass is 16.7. The highest BCUT2D eigenvalue weighted by Gasteiger charge is 2.17. The average Bonchev–Trinajstić information content (AvgIpc) is 2.61. The van der Waals surface area contributed by atoms with Gasteiger partial charge in [0.1, 0.15) is 0 Å².